The van der Waals surface area contributed by atoms with E-state index < -0.39 is 0 Å². The maximum absolute atomic E-state index is 8.78. The van der Waals surface area contributed by atoms with Crippen LogP contribution in [-0.4, -0.2) is 33.8 Å². The molecule has 3 N–H and O–H groups in total. The number of nitrogens with one attached hydrogen (secondary N) is 3. The summed E-state index contributed by atoms with van der Waals surface area (Å²) in [7, 11) is 1.66. The van der Waals surface area contributed by atoms with Crippen molar-refractivity contribution in [3.8, 4) is 23.1 Å². The van der Waals surface area contributed by atoms with Gasteiger partial charge in [0.15, 0.2) is 11.5 Å². The van der Waals surface area contributed by atoms with Crippen LogP contribution in [0, 0.1) is 17.2 Å². The first-order chi connectivity index (χ1) is 13.6. The Labute approximate surface area is 164 Å². The summed E-state index contributed by atoms with van der Waals surface area (Å²) in [6, 6.07) is 9.93. The van der Waals surface area contributed by atoms with Crippen LogP contribution in [0.4, 0.5) is 11.6 Å². The van der Waals surface area contributed by atoms with E-state index in [9.17, 15) is 0 Å². The van der Waals surface area contributed by atoms with Gasteiger partial charge in [-0.25, -0.2) is 9.97 Å². The first-order valence-corrected chi connectivity index (χ1v) is 9.01. The number of methoxy groups -OCH3 is 1. The number of H-pyrrole nitrogens is 1. The molecule has 2 aromatic heterocycles. The molecule has 0 atom stereocenters. The number of aromatic amines is 1. The largest absolute Gasteiger partial charge is 0.496 e. The lowest BCUT2D eigenvalue weighted by Crippen LogP contribution is -2.18. The maximum Gasteiger partial charge on any atom is 0.158 e. The van der Waals surface area contributed by atoms with Crippen LogP contribution in [0.25, 0.3) is 11.3 Å². The molecule has 28 heavy (non-hydrogen) atoms. The summed E-state index contributed by atoms with van der Waals surface area (Å²) in [5, 5.41) is 22.5. The monoisotopic (exact) mass is 377 g/mol. The summed E-state index contributed by atoms with van der Waals surface area (Å²) in [4.78, 5) is 8.11. The van der Waals surface area contributed by atoms with Gasteiger partial charge in [0.05, 0.1) is 25.2 Å². The second kappa shape index (κ2) is 8.97. The quantitative estimate of drug-likeness (QED) is 0.552. The molecular weight excluding hydrogens is 354 g/mol. The van der Waals surface area contributed by atoms with Crippen molar-refractivity contribution in [2.45, 2.75) is 20.4 Å². The van der Waals surface area contributed by atoms with Crippen molar-refractivity contribution in [2.24, 2.45) is 5.92 Å². The third-order valence-electron chi connectivity index (χ3n) is 4.04. The summed E-state index contributed by atoms with van der Waals surface area (Å²) in [5.41, 5.74) is 3.16. The predicted octanol–water partition coefficient (Wildman–Crippen LogP) is 3.24. The molecule has 144 valence electrons. The summed E-state index contributed by atoms with van der Waals surface area (Å²) in [6.07, 6.45) is 2.90. The van der Waals surface area contributed by atoms with Crippen LogP contribution in [0.2, 0.25) is 0 Å². The van der Waals surface area contributed by atoms with Gasteiger partial charge in [-0.15, -0.1) is 0 Å². The van der Waals surface area contributed by atoms with E-state index in [0.717, 1.165) is 35.7 Å². The van der Waals surface area contributed by atoms with Gasteiger partial charge >= 0.3 is 0 Å². The standard InChI is InChI=1S/C20H23N7O/c1-13(2)9-22-10-14-4-5-16(18(6-14)28-3)17-7-19(27-26-17)25-20-12-23-15(8-21)11-24-20/h4-7,11-13,22H,9-10H2,1-3H3,(H2,24,25,26,27). The topological polar surface area (TPSA) is 112 Å². The minimum atomic E-state index is 0.265. The lowest BCUT2D eigenvalue weighted by Gasteiger charge is -2.11. The highest BCUT2D eigenvalue weighted by molar-refractivity contribution is 5.71. The molecule has 0 aliphatic rings. The normalized spacial score (nSPS) is 10.7. The van der Waals surface area contributed by atoms with E-state index in [1.165, 1.54) is 12.4 Å². The van der Waals surface area contributed by atoms with Crippen LogP contribution in [0.15, 0.2) is 36.7 Å². The van der Waals surface area contributed by atoms with E-state index in [-0.39, 0.29) is 5.69 Å². The van der Waals surface area contributed by atoms with Gasteiger partial charge in [-0.1, -0.05) is 19.9 Å². The van der Waals surface area contributed by atoms with Crippen LogP contribution >= 0.6 is 0 Å². The molecular formula is C20H23N7O. The van der Waals surface area contributed by atoms with E-state index >= 15 is 0 Å². The number of benzene rings is 1. The van der Waals surface area contributed by atoms with Crippen LogP contribution in [0.5, 0.6) is 5.75 Å². The number of hydrogen-bond acceptors (Lipinski definition) is 7. The second-order valence-corrected chi connectivity index (χ2v) is 6.75. The molecule has 8 heteroatoms. The molecule has 3 rings (SSSR count). The van der Waals surface area contributed by atoms with Crippen molar-refractivity contribution < 1.29 is 4.74 Å². The molecule has 8 nitrogen and oxygen atoms in total. The van der Waals surface area contributed by atoms with Crippen molar-refractivity contribution >= 4 is 11.6 Å². The Balaban J connectivity index is 1.73. The molecule has 3 aromatic rings. The van der Waals surface area contributed by atoms with Crippen molar-refractivity contribution in [1.82, 2.24) is 25.5 Å². The lowest BCUT2D eigenvalue weighted by molar-refractivity contribution is 0.415. The number of aromatic nitrogens is 4. The number of hydrogen-bond donors (Lipinski definition) is 3. The van der Waals surface area contributed by atoms with Gasteiger partial charge in [0.1, 0.15) is 17.6 Å². The summed E-state index contributed by atoms with van der Waals surface area (Å²) < 4.78 is 5.57. The summed E-state index contributed by atoms with van der Waals surface area (Å²) in [5.74, 6) is 2.49. The molecule has 0 aliphatic heterocycles. The molecule has 2 heterocycles. The molecule has 0 amide bonds. The number of nitrogens with zero attached hydrogens (tertiary/aromatic N) is 4. The van der Waals surface area contributed by atoms with E-state index in [1.807, 2.05) is 24.3 Å². The zero-order chi connectivity index (χ0) is 19.9. The molecule has 0 saturated carbocycles. The van der Waals surface area contributed by atoms with Crippen LogP contribution in [0.1, 0.15) is 25.1 Å². The van der Waals surface area contributed by atoms with Crippen molar-refractivity contribution in [1.29, 1.82) is 5.26 Å². The molecule has 0 aliphatic carbocycles. The van der Waals surface area contributed by atoms with Gasteiger partial charge in [-0.2, -0.15) is 10.4 Å². The Hall–Kier alpha value is -3.44. The Bertz CT molecular complexity index is 957. The Morgan fingerprint density at radius 2 is 2.04 bits per heavy atom. The third kappa shape index (κ3) is 4.84. The number of anilines is 2. The number of nitriles is 1. The van der Waals surface area contributed by atoms with Gasteiger partial charge in [-0.3, -0.25) is 5.10 Å². The van der Waals surface area contributed by atoms with Crippen molar-refractivity contribution in [2.75, 3.05) is 19.0 Å². The highest BCUT2D eigenvalue weighted by atomic mass is 16.5. The molecule has 0 radical (unpaired) electrons. The lowest BCUT2D eigenvalue weighted by atomic mass is 10.1. The smallest absolute Gasteiger partial charge is 0.158 e. The van der Waals surface area contributed by atoms with Crippen LogP contribution in [0.3, 0.4) is 0 Å². The predicted molar refractivity (Wildman–Crippen MR) is 107 cm³/mol. The SMILES string of the molecule is COc1cc(CNCC(C)C)ccc1-c1cc(Nc2cnc(C#N)cn2)n[nH]1. The second-order valence-electron chi connectivity index (χ2n) is 6.75. The Morgan fingerprint density at radius 1 is 1.18 bits per heavy atom. The highest BCUT2D eigenvalue weighted by Gasteiger charge is 2.11. The average Bonchev–Trinajstić information content (AvgIpc) is 3.16. The molecule has 0 bridgehead atoms. The number of ether oxygens (including phenoxy) is 1. The van der Waals surface area contributed by atoms with Gasteiger partial charge in [-0.05, 0) is 30.2 Å². The third-order valence-corrected chi connectivity index (χ3v) is 4.04. The van der Waals surface area contributed by atoms with E-state index in [1.54, 1.807) is 7.11 Å². The van der Waals surface area contributed by atoms with Crippen LogP contribution < -0.4 is 15.4 Å². The summed E-state index contributed by atoms with van der Waals surface area (Å²) in [6.45, 7) is 6.13. The molecule has 0 saturated heterocycles. The van der Waals surface area contributed by atoms with E-state index in [2.05, 4.69) is 50.7 Å². The van der Waals surface area contributed by atoms with Crippen LogP contribution in [-0.2, 0) is 6.54 Å². The average molecular weight is 377 g/mol. The highest BCUT2D eigenvalue weighted by Crippen LogP contribution is 2.31. The zero-order valence-electron chi connectivity index (χ0n) is 16.2. The first-order valence-electron chi connectivity index (χ1n) is 9.01. The maximum atomic E-state index is 8.78. The van der Waals surface area contributed by atoms with Gasteiger partial charge in [0.25, 0.3) is 0 Å². The molecule has 0 unspecified atom stereocenters. The fourth-order valence-corrected chi connectivity index (χ4v) is 2.68. The minimum Gasteiger partial charge on any atom is -0.496 e. The zero-order valence-corrected chi connectivity index (χ0v) is 16.2. The van der Waals surface area contributed by atoms with Crippen molar-refractivity contribution in [3.63, 3.8) is 0 Å². The fourth-order valence-electron chi connectivity index (χ4n) is 2.68. The minimum absolute atomic E-state index is 0.265. The molecule has 0 fully saturated rings. The van der Waals surface area contributed by atoms with Gasteiger partial charge in [0, 0.05) is 18.2 Å². The molecule has 0 spiro atoms. The number of rotatable bonds is 8. The van der Waals surface area contributed by atoms with Crippen molar-refractivity contribution in [3.05, 3.63) is 47.9 Å². The summed E-state index contributed by atoms with van der Waals surface area (Å²) >= 11 is 0. The van der Waals surface area contributed by atoms with Gasteiger partial charge in [0.2, 0.25) is 0 Å². The Morgan fingerprint density at radius 3 is 2.71 bits per heavy atom. The molecule has 1 aromatic carbocycles. The fraction of sp³-hybridized carbons (Fsp3) is 0.300. The van der Waals surface area contributed by atoms with Gasteiger partial charge < -0.3 is 15.4 Å². The first kappa shape index (κ1) is 19.3. The van der Waals surface area contributed by atoms with E-state index in [4.69, 9.17) is 10.00 Å². The Kier molecular flexibility index (Phi) is 6.19. The van der Waals surface area contributed by atoms with E-state index in [0.29, 0.717) is 17.6 Å².